The van der Waals surface area contributed by atoms with Gasteiger partial charge in [0.15, 0.2) is 0 Å². The monoisotopic (exact) mass is 295 g/mol. The summed E-state index contributed by atoms with van der Waals surface area (Å²) in [6.07, 6.45) is 3.05. The van der Waals surface area contributed by atoms with Crippen LogP contribution in [0.25, 0.3) is 0 Å². The highest BCUT2D eigenvalue weighted by Gasteiger charge is 2.08. The Labute approximate surface area is 126 Å². The fraction of sp³-hybridized carbons (Fsp3) is 0.533. The number of amides is 2. The van der Waals surface area contributed by atoms with Crippen LogP contribution in [0.2, 0.25) is 0 Å². The van der Waals surface area contributed by atoms with Crippen molar-refractivity contribution in [3.05, 3.63) is 29.8 Å². The summed E-state index contributed by atoms with van der Waals surface area (Å²) in [6.45, 7) is 4.11. The molecule has 0 radical (unpaired) electrons. The molecule has 1 aromatic rings. The fourth-order valence-corrected chi connectivity index (χ4v) is 2.40. The topological polar surface area (TPSA) is 53.2 Å². The molecule has 2 atom stereocenters. The van der Waals surface area contributed by atoms with Crippen LogP contribution in [0.3, 0.4) is 0 Å². The highest BCUT2D eigenvalue weighted by atomic mass is 32.2. The number of carbonyl (C=O) groups is 1. The van der Waals surface area contributed by atoms with Crippen LogP contribution in [0, 0.1) is 0 Å². The molecule has 112 valence electrons. The predicted octanol–water partition coefficient (Wildman–Crippen LogP) is 3.23. The minimum absolute atomic E-state index is 0.145. The SMILES string of the molecule is CNC(C)c1cccc(NC(=O)NC(C)CCSC)c1. The molecule has 0 bridgehead atoms. The molecular formula is C15H25N3OS. The van der Waals surface area contributed by atoms with E-state index in [-0.39, 0.29) is 18.1 Å². The Kier molecular flexibility index (Phi) is 7.47. The minimum atomic E-state index is -0.145. The van der Waals surface area contributed by atoms with Gasteiger partial charge in [-0.1, -0.05) is 12.1 Å². The highest BCUT2D eigenvalue weighted by Crippen LogP contribution is 2.16. The zero-order valence-corrected chi connectivity index (χ0v) is 13.5. The Morgan fingerprint density at radius 1 is 1.35 bits per heavy atom. The summed E-state index contributed by atoms with van der Waals surface area (Å²) < 4.78 is 0. The van der Waals surface area contributed by atoms with Crippen molar-refractivity contribution in [2.24, 2.45) is 0 Å². The number of rotatable bonds is 7. The van der Waals surface area contributed by atoms with E-state index in [1.165, 1.54) is 0 Å². The van der Waals surface area contributed by atoms with Crippen LogP contribution >= 0.6 is 11.8 Å². The fourth-order valence-electron chi connectivity index (χ4n) is 1.81. The lowest BCUT2D eigenvalue weighted by Crippen LogP contribution is -2.36. The summed E-state index contributed by atoms with van der Waals surface area (Å²) >= 11 is 1.79. The molecule has 20 heavy (non-hydrogen) atoms. The Morgan fingerprint density at radius 3 is 2.75 bits per heavy atom. The smallest absolute Gasteiger partial charge is 0.319 e. The van der Waals surface area contributed by atoms with E-state index in [1.54, 1.807) is 11.8 Å². The summed E-state index contributed by atoms with van der Waals surface area (Å²) in [7, 11) is 1.92. The lowest BCUT2D eigenvalue weighted by atomic mass is 10.1. The average Bonchev–Trinajstić information content (AvgIpc) is 2.44. The number of urea groups is 1. The van der Waals surface area contributed by atoms with Crippen LogP contribution < -0.4 is 16.0 Å². The zero-order valence-electron chi connectivity index (χ0n) is 12.7. The van der Waals surface area contributed by atoms with E-state index in [0.29, 0.717) is 0 Å². The molecule has 0 aliphatic rings. The van der Waals surface area contributed by atoms with Crippen molar-refractivity contribution in [2.45, 2.75) is 32.4 Å². The zero-order chi connectivity index (χ0) is 15.0. The van der Waals surface area contributed by atoms with Crippen molar-refractivity contribution < 1.29 is 4.79 Å². The molecule has 4 nitrogen and oxygen atoms in total. The van der Waals surface area contributed by atoms with E-state index in [9.17, 15) is 4.79 Å². The van der Waals surface area contributed by atoms with Crippen molar-refractivity contribution in [3.8, 4) is 0 Å². The molecule has 0 heterocycles. The lowest BCUT2D eigenvalue weighted by molar-refractivity contribution is 0.249. The third kappa shape index (κ3) is 5.84. The van der Waals surface area contributed by atoms with Crippen LogP contribution in [-0.4, -0.2) is 31.1 Å². The molecule has 0 aliphatic heterocycles. The maximum atomic E-state index is 11.9. The van der Waals surface area contributed by atoms with Crippen LogP contribution in [0.5, 0.6) is 0 Å². The van der Waals surface area contributed by atoms with Gasteiger partial charge in [-0.3, -0.25) is 0 Å². The summed E-state index contributed by atoms with van der Waals surface area (Å²) in [5.41, 5.74) is 1.97. The maximum absolute atomic E-state index is 11.9. The maximum Gasteiger partial charge on any atom is 0.319 e. The Bertz CT molecular complexity index is 425. The largest absolute Gasteiger partial charge is 0.335 e. The Hall–Kier alpha value is -1.20. The molecule has 5 heteroatoms. The van der Waals surface area contributed by atoms with Crippen molar-refractivity contribution >= 4 is 23.5 Å². The molecule has 0 saturated carbocycles. The molecule has 0 spiro atoms. The normalized spacial score (nSPS) is 13.6. The molecule has 0 fully saturated rings. The van der Waals surface area contributed by atoms with Gasteiger partial charge in [-0.05, 0) is 57.0 Å². The molecule has 0 saturated heterocycles. The number of carbonyl (C=O) groups excluding carboxylic acids is 1. The molecule has 2 amide bonds. The van der Waals surface area contributed by atoms with Crippen molar-refractivity contribution in [3.63, 3.8) is 0 Å². The van der Waals surface area contributed by atoms with Gasteiger partial charge < -0.3 is 16.0 Å². The summed E-state index contributed by atoms with van der Waals surface area (Å²) in [4.78, 5) is 11.9. The first-order valence-electron chi connectivity index (χ1n) is 6.90. The lowest BCUT2D eigenvalue weighted by Gasteiger charge is -2.15. The van der Waals surface area contributed by atoms with Crippen LogP contribution in [0.15, 0.2) is 24.3 Å². The van der Waals surface area contributed by atoms with E-state index < -0.39 is 0 Å². The molecule has 2 unspecified atom stereocenters. The van der Waals surface area contributed by atoms with Gasteiger partial charge in [0.25, 0.3) is 0 Å². The van der Waals surface area contributed by atoms with Gasteiger partial charge in [0, 0.05) is 17.8 Å². The molecular weight excluding hydrogens is 270 g/mol. The van der Waals surface area contributed by atoms with Gasteiger partial charge >= 0.3 is 6.03 Å². The van der Waals surface area contributed by atoms with Crippen molar-refractivity contribution in [1.82, 2.24) is 10.6 Å². The van der Waals surface area contributed by atoms with E-state index in [1.807, 2.05) is 38.2 Å². The van der Waals surface area contributed by atoms with Gasteiger partial charge in [0.05, 0.1) is 0 Å². The molecule has 3 N–H and O–H groups in total. The Balaban J connectivity index is 2.53. The molecule has 0 aliphatic carbocycles. The summed E-state index contributed by atoms with van der Waals surface area (Å²) in [5, 5.41) is 9.02. The molecule has 1 rings (SSSR count). The summed E-state index contributed by atoms with van der Waals surface area (Å²) in [6, 6.07) is 8.20. The third-order valence-electron chi connectivity index (χ3n) is 3.21. The van der Waals surface area contributed by atoms with Gasteiger partial charge in [0.2, 0.25) is 0 Å². The highest BCUT2D eigenvalue weighted by molar-refractivity contribution is 7.98. The molecule has 1 aromatic carbocycles. The second kappa shape index (κ2) is 8.87. The average molecular weight is 295 g/mol. The first-order chi connectivity index (χ1) is 9.56. The number of nitrogens with one attached hydrogen (secondary N) is 3. The van der Waals surface area contributed by atoms with Gasteiger partial charge in [-0.25, -0.2) is 4.79 Å². The quantitative estimate of drug-likeness (QED) is 0.724. The summed E-state index contributed by atoms with van der Waals surface area (Å²) in [5.74, 6) is 1.05. The number of anilines is 1. The van der Waals surface area contributed by atoms with Crippen LogP contribution in [0.1, 0.15) is 31.9 Å². The van der Waals surface area contributed by atoms with Gasteiger partial charge in [0.1, 0.15) is 0 Å². The molecule has 0 aromatic heterocycles. The first kappa shape index (κ1) is 16.9. The second-order valence-corrected chi connectivity index (χ2v) is 5.90. The van der Waals surface area contributed by atoms with Crippen LogP contribution in [0.4, 0.5) is 10.5 Å². The standard InChI is InChI=1S/C15H25N3OS/c1-11(8-9-20-4)17-15(19)18-14-7-5-6-13(10-14)12(2)16-3/h5-7,10-12,16H,8-9H2,1-4H3,(H2,17,18,19). The number of hydrogen-bond donors (Lipinski definition) is 3. The Morgan fingerprint density at radius 2 is 2.10 bits per heavy atom. The first-order valence-corrected chi connectivity index (χ1v) is 8.30. The van der Waals surface area contributed by atoms with Crippen molar-refractivity contribution in [1.29, 1.82) is 0 Å². The second-order valence-electron chi connectivity index (χ2n) is 4.92. The van der Waals surface area contributed by atoms with E-state index >= 15 is 0 Å². The van der Waals surface area contributed by atoms with Crippen molar-refractivity contribution in [2.75, 3.05) is 24.4 Å². The number of benzene rings is 1. The third-order valence-corrected chi connectivity index (χ3v) is 3.85. The van der Waals surface area contributed by atoms with Gasteiger partial charge in [-0.15, -0.1) is 0 Å². The number of thioether (sulfide) groups is 1. The van der Waals surface area contributed by atoms with E-state index in [4.69, 9.17) is 0 Å². The van der Waals surface area contributed by atoms with Gasteiger partial charge in [-0.2, -0.15) is 11.8 Å². The predicted molar refractivity (Wildman–Crippen MR) is 88.5 cm³/mol. The van der Waals surface area contributed by atoms with E-state index in [0.717, 1.165) is 23.4 Å². The van der Waals surface area contributed by atoms with E-state index in [2.05, 4.69) is 29.1 Å². The number of hydrogen-bond acceptors (Lipinski definition) is 3. The minimum Gasteiger partial charge on any atom is -0.335 e. The van der Waals surface area contributed by atoms with Crippen LogP contribution in [-0.2, 0) is 0 Å².